The summed E-state index contributed by atoms with van der Waals surface area (Å²) in [7, 11) is 2.78. The molecule has 1 aliphatic carbocycles. The topological polar surface area (TPSA) is 52.6 Å². The number of ether oxygens (including phenoxy) is 2. The Morgan fingerprint density at radius 1 is 1.12 bits per heavy atom. The number of aryl methyl sites for hydroxylation is 1. The molecular weight excluding hydrogens is 304 g/mol. The van der Waals surface area contributed by atoms with Gasteiger partial charge in [0.05, 0.1) is 19.6 Å². The first-order valence-electron chi connectivity index (χ1n) is 8.18. The fourth-order valence-electron chi connectivity index (χ4n) is 4.00. The lowest BCUT2D eigenvalue weighted by molar-refractivity contribution is -0.151. The third kappa shape index (κ3) is 2.46. The number of rotatable bonds is 3. The molecule has 3 rings (SSSR count). The van der Waals surface area contributed by atoms with Crippen LogP contribution in [0.1, 0.15) is 30.9 Å². The molecule has 2 atom stereocenters. The Kier molecular flexibility index (Phi) is 4.31. The average molecular weight is 326 g/mol. The first-order chi connectivity index (χ1) is 11.5. The molecule has 0 heterocycles. The summed E-state index contributed by atoms with van der Waals surface area (Å²) in [6.07, 6.45) is 1.81. The molecule has 0 fully saturated rings. The van der Waals surface area contributed by atoms with Crippen molar-refractivity contribution in [3.63, 3.8) is 0 Å². The van der Waals surface area contributed by atoms with Crippen molar-refractivity contribution in [2.75, 3.05) is 14.2 Å². The van der Waals surface area contributed by atoms with E-state index in [1.165, 1.54) is 25.2 Å². The number of hydrogen-bond donors (Lipinski definition) is 0. The van der Waals surface area contributed by atoms with Crippen molar-refractivity contribution in [2.45, 2.75) is 31.6 Å². The Balaban J connectivity index is 2.17. The van der Waals surface area contributed by atoms with Crippen LogP contribution in [0.5, 0.6) is 0 Å². The number of methoxy groups -OCH3 is 2. The Hall–Kier alpha value is -2.36. The molecule has 0 saturated heterocycles. The number of hydrogen-bond acceptors (Lipinski definition) is 4. The van der Waals surface area contributed by atoms with E-state index in [4.69, 9.17) is 9.47 Å². The fraction of sp³-hybridized carbons (Fsp3) is 0.400. The minimum absolute atomic E-state index is 0.133. The van der Waals surface area contributed by atoms with E-state index in [1.807, 2.05) is 31.2 Å². The van der Waals surface area contributed by atoms with E-state index in [9.17, 15) is 9.59 Å². The van der Waals surface area contributed by atoms with Gasteiger partial charge in [0.25, 0.3) is 0 Å². The van der Waals surface area contributed by atoms with Crippen molar-refractivity contribution in [1.29, 1.82) is 0 Å². The summed E-state index contributed by atoms with van der Waals surface area (Å²) in [5.74, 6) is -0.724. The zero-order valence-corrected chi connectivity index (χ0v) is 14.3. The molecule has 24 heavy (non-hydrogen) atoms. The van der Waals surface area contributed by atoms with Crippen LogP contribution in [-0.4, -0.2) is 26.2 Å². The third-order valence-electron chi connectivity index (χ3n) is 5.41. The van der Waals surface area contributed by atoms with Crippen molar-refractivity contribution in [2.24, 2.45) is 5.92 Å². The molecule has 0 amide bonds. The molecule has 0 spiro atoms. The minimum Gasteiger partial charge on any atom is -0.469 e. The van der Waals surface area contributed by atoms with Gasteiger partial charge in [0.1, 0.15) is 0 Å². The summed E-state index contributed by atoms with van der Waals surface area (Å²) < 4.78 is 9.94. The van der Waals surface area contributed by atoms with Crippen LogP contribution < -0.4 is 0 Å². The van der Waals surface area contributed by atoms with Crippen LogP contribution in [-0.2, 0) is 30.9 Å². The molecule has 0 saturated carbocycles. The first-order valence-corrected chi connectivity index (χ1v) is 8.18. The van der Waals surface area contributed by atoms with Crippen molar-refractivity contribution >= 4 is 22.7 Å². The number of carbonyl (C=O) groups excluding carboxylic acids is 2. The standard InChI is InChI=1S/C20H22O4/c1-20(19(22)24-3)14(12-18(21)23-2)9-10-16-15-7-5-4-6-13(15)8-11-17(16)20/h4-8,11,14H,9-10,12H2,1-3H3/t14-,20+/m0/s1. The number of carbonyl (C=O) groups is 2. The highest BCUT2D eigenvalue weighted by Crippen LogP contribution is 2.46. The number of fused-ring (bicyclic) bond motifs is 3. The highest BCUT2D eigenvalue weighted by Gasteiger charge is 2.48. The van der Waals surface area contributed by atoms with Crippen molar-refractivity contribution in [1.82, 2.24) is 0 Å². The highest BCUT2D eigenvalue weighted by atomic mass is 16.5. The maximum atomic E-state index is 12.7. The third-order valence-corrected chi connectivity index (χ3v) is 5.41. The van der Waals surface area contributed by atoms with E-state index in [2.05, 4.69) is 12.1 Å². The van der Waals surface area contributed by atoms with Gasteiger partial charge in [-0.2, -0.15) is 0 Å². The van der Waals surface area contributed by atoms with Crippen molar-refractivity contribution in [3.8, 4) is 0 Å². The summed E-state index contributed by atoms with van der Waals surface area (Å²) in [6.45, 7) is 1.89. The molecule has 4 heteroatoms. The molecule has 0 unspecified atom stereocenters. The average Bonchev–Trinajstić information content (AvgIpc) is 2.62. The maximum Gasteiger partial charge on any atom is 0.316 e. The minimum atomic E-state index is -0.847. The van der Waals surface area contributed by atoms with Gasteiger partial charge in [-0.3, -0.25) is 9.59 Å². The van der Waals surface area contributed by atoms with E-state index in [0.29, 0.717) is 0 Å². The van der Waals surface area contributed by atoms with Crippen molar-refractivity contribution in [3.05, 3.63) is 47.5 Å². The molecule has 0 radical (unpaired) electrons. The number of benzene rings is 2. The van der Waals surface area contributed by atoms with Crippen LogP contribution in [0.3, 0.4) is 0 Å². The first kappa shape index (κ1) is 16.5. The SMILES string of the molecule is COC(=O)C[C@@H]1CCc2c(ccc3ccccc23)[C@]1(C)C(=O)OC. The molecule has 4 nitrogen and oxygen atoms in total. The molecule has 2 aromatic carbocycles. The molecule has 0 N–H and O–H groups in total. The maximum absolute atomic E-state index is 12.7. The van der Waals surface area contributed by atoms with Crippen LogP contribution in [0.25, 0.3) is 10.8 Å². The lowest BCUT2D eigenvalue weighted by atomic mass is 9.62. The van der Waals surface area contributed by atoms with Crippen LogP contribution in [0.4, 0.5) is 0 Å². The van der Waals surface area contributed by atoms with Gasteiger partial charge in [0.15, 0.2) is 0 Å². The summed E-state index contributed by atoms with van der Waals surface area (Å²) in [4.78, 5) is 24.5. The van der Waals surface area contributed by atoms with Gasteiger partial charge < -0.3 is 9.47 Å². The monoisotopic (exact) mass is 326 g/mol. The predicted octanol–water partition coefficient (Wildman–Crippen LogP) is 3.40. The largest absolute Gasteiger partial charge is 0.469 e. The summed E-state index contributed by atoms with van der Waals surface area (Å²) in [5.41, 5.74) is 1.30. The van der Waals surface area contributed by atoms with Crippen LogP contribution in [0.15, 0.2) is 36.4 Å². The van der Waals surface area contributed by atoms with E-state index < -0.39 is 5.41 Å². The van der Waals surface area contributed by atoms with Gasteiger partial charge >= 0.3 is 11.9 Å². The summed E-state index contributed by atoms with van der Waals surface area (Å²) >= 11 is 0. The Bertz CT molecular complexity index is 795. The Labute approximate surface area is 141 Å². The van der Waals surface area contributed by atoms with Crippen LogP contribution in [0.2, 0.25) is 0 Å². The van der Waals surface area contributed by atoms with Gasteiger partial charge in [-0.25, -0.2) is 0 Å². The Morgan fingerprint density at radius 3 is 2.58 bits per heavy atom. The van der Waals surface area contributed by atoms with E-state index >= 15 is 0 Å². The molecule has 0 aliphatic heterocycles. The molecule has 1 aliphatic rings. The lowest BCUT2D eigenvalue weighted by Gasteiger charge is -2.40. The van der Waals surface area contributed by atoms with Crippen LogP contribution in [0, 0.1) is 5.92 Å². The molecular formula is C20H22O4. The second kappa shape index (κ2) is 6.27. The second-order valence-corrected chi connectivity index (χ2v) is 6.52. The predicted molar refractivity (Wildman–Crippen MR) is 91.8 cm³/mol. The quantitative estimate of drug-likeness (QED) is 0.811. The van der Waals surface area contributed by atoms with Gasteiger partial charge in [-0.1, -0.05) is 36.4 Å². The molecule has 0 bridgehead atoms. The normalized spacial score (nSPS) is 22.7. The van der Waals surface area contributed by atoms with E-state index in [0.717, 1.165) is 23.8 Å². The second-order valence-electron chi connectivity index (χ2n) is 6.52. The lowest BCUT2D eigenvalue weighted by Crippen LogP contribution is -2.45. The Morgan fingerprint density at radius 2 is 1.88 bits per heavy atom. The zero-order chi connectivity index (χ0) is 17.3. The van der Waals surface area contributed by atoms with E-state index in [1.54, 1.807) is 0 Å². The fourth-order valence-corrected chi connectivity index (χ4v) is 4.00. The molecule has 126 valence electrons. The van der Waals surface area contributed by atoms with Gasteiger partial charge in [0.2, 0.25) is 0 Å². The zero-order valence-electron chi connectivity index (χ0n) is 14.3. The van der Waals surface area contributed by atoms with Gasteiger partial charge in [-0.05, 0) is 47.6 Å². The van der Waals surface area contributed by atoms with Crippen molar-refractivity contribution < 1.29 is 19.1 Å². The highest BCUT2D eigenvalue weighted by molar-refractivity contribution is 5.92. The van der Waals surface area contributed by atoms with E-state index in [-0.39, 0.29) is 24.3 Å². The summed E-state index contributed by atoms with van der Waals surface area (Å²) in [5, 5.41) is 2.33. The molecule has 0 aromatic heterocycles. The van der Waals surface area contributed by atoms with Gasteiger partial charge in [0, 0.05) is 6.42 Å². The molecule has 2 aromatic rings. The summed E-state index contributed by atoms with van der Waals surface area (Å²) in [6, 6.07) is 12.2. The smallest absolute Gasteiger partial charge is 0.316 e. The number of esters is 2. The van der Waals surface area contributed by atoms with Crippen LogP contribution >= 0.6 is 0 Å². The van der Waals surface area contributed by atoms with Gasteiger partial charge in [-0.15, -0.1) is 0 Å².